The fourth-order valence-electron chi connectivity index (χ4n) is 4.36. The van der Waals surface area contributed by atoms with Crippen LogP contribution in [0.3, 0.4) is 0 Å². The number of nitrogens with zero attached hydrogens (tertiary/aromatic N) is 1. The number of hydrogen-bond acceptors (Lipinski definition) is 5. The van der Waals surface area contributed by atoms with Crippen LogP contribution in [0.5, 0.6) is 0 Å². The lowest BCUT2D eigenvalue weighted by atomic mass is 10.0. The molecule has 174 valence electrons. The number of hydrogen-bond donors (Lipinski definition) is 2. The Morgan fingerprint density at radius 3 is 2.44 bits per heavy atom. The highest BCUT2D eigenvalue weighted by molar-refractivity contribution is 7.89. The zero-order chi connectivity index (χ0) is 23.3. The first-order chi connectivity index (χ1) is 15.2. The standard InChI is InChI=1S/C23H31N3O5S/c1-16-13-17(2)21(18(3)14-16)32(29,30)26-11-5-4-7-19(26)9-10-24-22(27)23(28)25-15-20-8-6-12-31-20/h6,8,12-14,19H,4-5,7,9-11,15H2,1-3H3,(H,24,27)(H,25,28)/t19-/m1/s1. The van der Waals surface area contributed by atoms with Crippen LogP contribution in [0, 0.1) is 20.8 Å². The van der Waals surface area contributed by atoms with Crippen molar-refractivity contribution in [3.63, 3.8) is 0 Å². The molecule has 0 radical (unpaired) electrons. The number of furan rings is 1. The van der Waals surface area contributed by atoms with Crippen molar-refractivity contribution in [2.45, 2.75) is 63.9 Å². The molecule has 9 heteroatoms. The maximum absolute atomic E-state index is 13.5. The molecule has 0 bridgehead atoms. The van der Waals surface area contributed by atoms with E-state index >= 15 is 0 Å². The normalized spacial score (nSPS) is 17.2. The molecule has 2 N–H and O–H groups in total. The van der Waals surface area contributed by atoms with Crippen molar-refractivity contribution in [2.24, 2.45) is 0 Å². The van der Waals surface area contributed by atoms with E-state index in [1.54, 1.807) is 16.4 Å². The molecule has 0 unspecified atom stereocenters. The molecule has 1 aliphatic rings. The quantitative estimate of drug-likeness (QED) is 0.616. The zero-order valence-corrected chi connectivity index (χ0v) is 19.6. The molecule has 1 atom stereocenters. The van der Waals surface area contributed by atoms with Gasteiger partial charge in [0.25, 0.3) is 0 Å². The number of carbonyl (C=O) groups excluding carboxylic acids is 2. The fourth-order valence-corrected chi connectivity index (χ4v) is 6.50. The van der Waals surface area contributed by atoms with Crippen molar-refractivity contribution < 1.29 is 22.4 Å². The molecule has 1 saturated heterocycles. The maximum Gasteiger partial charge on any atom is 0.309 e. The molecule has 0 aliphatic carbocycles. The lowest BCUT2D eigenvalue weighted by Gasteiger charge is -2.35. The molecule has 0 saturated carbocycles. The van der Waals surface area contributed by atoms with Crippen molar-refractivity contribution in [1.82, 2.24) is 14.9 Å². The summed E-state index contributed by atoms with van der Waals surface area (Å²) in [5.74, 6) is -0.941. The Hall–Kier alpha value is -2.65. The Bertz CT molecular complexity index is 1040. The van der Waals surface area contributed by atoms with Gasteiger partial charge in [-0.05, 0) is 63.3 Å². The van der Waals surface area contributed by atoms with E-state index in [1.165, 1.54) is 6.26 Å². The van der Waals surface area contributed by atoms with Gasteiger partial charge in [-0.2, -0.15) is 4.31 Å². The number of aryl methyl sites for hydroxylation is 3. The van der Waals surface area contributed by atoms with Gasteiger partial charge in [0.2, 0.25) is 10.0 Å². The largest absolute Gasteiger partial charge is 0.467 e. The SMILES string of the molecule is Cc1cc(C)c(S(=O)(=O)N2CCCC[C@@H]2CCNC(=O)C(=O)NCc2ccco2)c(C)c1. The minimum absolute atomic E-state index is 0.128. The van der Waals surface area contributed by atoms with Gasteiger partial charge in [0.1, 0.15) is 5.76 Å². The Balaban J connectivity index is 1.61. The van der Waals surface area contributed by atoms with E-state index in [0.717, 1.165) is 36.0 Å². The molecular formula is C23H31N3O5S. The minimum atomic E-state index is -3.66. The summed E-state index contributed by atoms with van der Waals surface area (Å²) in [4.78, 5) is 24.4. The third-order valence-corrected chi connectivity index (χ3v) is 7.98. The third kappa shape index (κ3) is 5.58. The van der Waals surface area contributed by atoms with Crippen molar-refractivity contribution in [3.05, 3.63) is 53.0 Å². The highest BCUT2D eigenvalue weighted by Crippen LogP contribution is 2.31. The van der Waals surface area contributed by atoms with E-state index < -0.39 is 21.8 Å². The van der Waals surface area contributed by atoms with E-state index in [4.69, 9.17) is 4.42 Å². The molecule has 0 spiro atoms. The molecule has 3 rings (SSSR count). The second kappa shape index (κ2) is 10.3. The highest BCUT2D eigenvalue weighted by Gasteiger charge is 2.35. The van der Waals surface area contributed by atoms with Gasteiger partial charge in [-0.1, -0.05) is 24.1 Å². The van der Waals surface area contributed by atoms with Crippen LogP contribution in [0.4, 0.5) is 0 Å². The second-order valence-corrected chi connectivity index (χ2v) is 10.1. The number of piperidine rings is 1. The first-order valence-corrected chi connectivity index (χ1v) is 12.3. The van der Waals surface area contributed by atoms with Crippen molar-refractivity contribution in [3.8, 4) is 0 Å². The van der Waals surface area contributed by atoms with Gasteiger partial charge in [-0.25, -0.2) is 8.42 Å². The van der Waals surface area contributed by atoms with Crippen LogP contribution in [0.25, 0.3) is 0 Å². The average Bonchev–Trinajstić information content (AvgIpc) is 3.25. The van der Waals surface area contributed by atoms with Crippen LogP contribution < -0.4 is 10.6 Å². The average molecular weight is 462 g/mol. The van der Waals surface area contributed by atoms with Crippen LogP contribution in [0.15, 0.2) is 39.8 Å². The predicted octanol–water partition coefficient (Wildman–Crippen LogP) is 2.57. The van der Waals surface area contributed by atoms with Gasteiger partial charge in [-0.3, -0.25) is 9.59 Å². The van der Waals surface area contributed by atoms with E-state index in [1.807, 2.05) is 32.9 Å². The third-order valence-electron chi connectivity index (χ3n) is 5.72. The molecule has 2 amide bonds. The number of nitrogens with one attached hydrogen (secondary N) is 2. The minimum Gasteiger partial charge on any atom is -0.467 e. The molecule has 1 fully saturated rings. The van der Waals surface area contributed by atoms with Gasteiger partial charge in [0.05, 0.1) is 17.7 Å². The van der Waals surface area contributed by atoms with Crippen molar-refractivity contribution >= 4 is 21.8 Å². The first kappa shape index (κ1) is 24.0. The van der Waals surface area contributed by atoms with E-state index in [0.29, 0.717) is 23.6 Å². The van der Waals surface area contributed by atoms with E-state index in [2.05, 4.69) is 10.6 Å². The summed E-state index contributed by atoms with van der Waals surface area (Å²) < 4.78 is 33.7. The molecule has 2 aromatic rings. The first-order valence-electron chi connectivity index (χ1n) is 10.9. The van der Waals surface area contributed by atoms with Gasteiger partial charge in [0.15, 0.2) is 0 Å². The van der Waals surface area contributed by atoms with Crippen molar-refractivity contribution in [2.75, 3.05) is 13.1 Å². The summed E-state index contributed by atoms with van der Waals surface area (Å²) in [6, 6.07) is 6.96. The lowest BCUT2D eigenvalue weighted by molar-refractivity contribution is -0.139. The molecule has 2 heterocycles. The topological polar surface area (TPSA) is 109 Å². The maximum atomic E-state index is 13.5. The van der Waals surface area contributed by atoms with Crippen LogP contribution >= 0.6 is 0 Å². The summed E-state index contributed by atoms with van der Waals surface area (Å²) in [5, 5.41) is 5.09. The summed E-state index contributed by atoms with van der Waals surface area (Å²) >= 11 is 0. The Morgan fingerprint density at radius 1 is 1.09 bits per heavy atom. The molecule has 1 aromatic heterocycles. The number of carbonyl (C=O) groups is 2. The number of rotatable bonds is 7. The smallest absolute Gasteiger partial charge is 0.309 e. The fraction of sp³-hybridized carbons (Fsp3) is 0.478. The van der Waals surface area contributed by atoms with Crippen LogP contribution in [0.2, 0.25) is 0 Å². The Morgan fingerprint density at radius 2 is 1.78 bits per heavy atom. The van der Waals surface area contributed by atoms with Gasteiger partial charge in [-0.15, -0.1) is 0 Å². The lowest BCUT2D eigenvalue weighted by Crippen LogP contribution is -2.46. The number of amides is 2. The predicted molar refractivity (Wildman–Crippen MR) is 120 cm³/mol. The summed E-state index contributed by atoms with van der Waals surface area (Å²) in [6.07, 6.45) is 4.40. The van der Waals surface area contributed by atoms with E-state index in [9.17, 15) is 18.0 Å². The van der Waals surface area contributed by atoms with Crippen LogP contribution in [-0.4, -0.2) is 43.7 Å². The van der Waals surface area contributed by atoms with Gasteiger partial charge < -0.3 is 15.1 Å². The second-order valence-electron chi connectivity index (χ2n) is 8.30. The molecular weight excluding hydrogens is 430 g/mol. The van der Waals surface area contributed by atoms with Gasteiger partial charge >= 0.3 is 11.8 Å². The molecule has 1 aromatic carbocycles. The van der Waals surface area contributed by atoms with Crippen LogP contribution in [0.1, 0.15) is 48.1 Å². The molecule has 32 heavy (non-hydrogen) atoms. The molecule has 1 aliphatic heterocycles. The van der Waals surface area contributed by atoms with Crippen molar-refractivity contribution in [1.29, 1.82) is 0 Å². The van der Waals surface area contributed by atoms with Gasteiger partial charge in [0, 0.05) is 19.1 Å². The Labute approximate surface area is 189 Å². The summed E-state index contributed by atoms with van der Waals surface area (Å²) in [6.45, 7) is 6.41. The highest BCUT2D eigenvalue weighted by atomic mass is 32.2. The summed E-state index contributed by atoms with van der Waals surface area (Å²) in [5.41, 5.74) is 2.52. The number of benzene rings is 1. The Kier molecular flexibility index (Phi) is 7.73. The zero-order valence-electron chi connectivity index (χ0n) is 18.8. The van der Waals surface area contributed by atoms with E-state index in [-0.39, 0.29) is 19.1 Å². The monoisotopic (exact) mass is 461 g/mol. The summed E-state index contributed by atoms with van der Waals surface area (Å²) in [7, 11) is -3.66. The van der Waals surface area contributed by atoms with Crippen LogP contribution in [-0.2, 0) is 26.2 Å². The molecule has 8 nitrogen and oxygen atoms in total. The number of sulfonamides is 1.